The summed E-state index contributed by atoms with van der Waals surface area (Å²) >= 11 is 0. The number of nitrogens with zero attached hydrogens (tertiary/aromatic N) is 2. The molecule has 2 atom stereocenters. The van der Waals surface area contributed by atoms with Crippen LogP contribution in [0.15, 0.2) is 18.2 Å². The van der Waals surface area contributed by atoms with Crippen LogP contribution in [0, 0.1) is 23.2 Å². The molecular formula is C14H19N3. The third-order valence-corrected chi connectivity index (χ3v) is 3.75. The van der Waals surface area contributed by atoms with Crippen LogP contribution in [0.4, 0.5) is 5.69 Å². The number of hydrogen-bond donors (Lipinski definition) is 1. The minimum atomic E-state index is 0.488. The lowest BCUT2D eigenvalue weighted by atomic mass is 10.0. The third-order valence-electron chi connectivity index (χ3n) is 3.75. The lowest BCUT2D eigenvalue weighted by molar-refractivity contribution is 0.494. The largest absolute Gasteiger partial charge is 0.370 e. The highest BCUT2D eigenvalue weighted by atomic mass is 15.2. The van der Waals surface area contributed by atoms with Crippen LogP contribution in [0.5, 0.6) is 0 Å². The molecule has 0 amide bonds. The molecule has 1 saturated heterocycles. The van der Waals surface area contributed by atoms with E-state index in [4.69, 9.17) is 5.73 Å². The van der Waals surface area contributed by atoms with Crippen molar-refractivity contribution in [3.63, 3.8) is 0 Å². The Labute approximate surface area is 103 Å². The molecule has 2 rings (SSSR count). The molecule has 2 N–H and O–H groups in total. The first-order valence-corrected chi connectivity index (χ1v) is 6.13. The van der Waals surface area contributed by atoms with Crippen molar-refractivity contribution in [2.75, 3.05) is 18.0 Å². The highest BCUT2D eigenvalue weighted by Gasteiger charge is 2.27. The van der Waals surface area contributed by atoms with Crippen LogP contribution in [0.2, 0.25) is 0 Å². The number of hydrogen-bond acceptors (Lipinski definition) is 3. The second-order valence-electron chi connectivity index (χ2n) is 5.03. The average molecular weight is 229 g/mol. The summed E-state index contributed by atoms with van der Waals surface area (Å²) in [4.78, 5) is 2.31. The van der Waals surface area contributed by atoms with E-state index in [1.54, 1.807) is 0 Å². The molecule has 0 aromatic heterocycles. The average Bonchev–Trinajstić information content (AvgIpc) is 2.68. The van der Waals surface area contributed by atoms with Crippen LogP contribution < -0.4 is 10.6 Å². The minimum absolute atomic E-state index is 0.488. The molecule has 1 aliphatic heterocycles. The molecule has 0 radical (unpaired) electrons. The highest BCUT2D eigenvalue weighted by molar-refractivity contribution is 5.61. The molecule has 90 valence electrons. The van der Waals surface area contributed by atoms with E-state index >= 15 is 0 Å². The molecule has 1 aromatic rings. The zero-order valence-corrected chi connectivity index (χ0v) is 10.5. The van der Waals surface area contributed by atoms with Crippen molar-refractivity contribution in [2.45, 2.75) is 20.4 Å². The molecule has 0 saturated carbocycles. The van der Waals surface area contributed by atoms with Gasteiger partial charge in [0.25, 0.3) is 0 Å². The fourth-order valence-corrected chi connectivity index (χ4v) is 2.40. The number of nitrogens with two attached hydrogens (primary N) is 1. The lowest BCUT2D eigenvalue weighted by Gasteiger charge is -2.20. The molecule has 0 bridgehead atoms. The SMILES string of the molecule is CC1CN(c2ccc(CN)cc2C#N)CC1C. The Kier molecular flexibility index (Phi) is 3.35. The number of benzene rings is 1. The fourth-order valence-electron chi connectivity index (χ4n) is 2.40. The summed E-state index contributed by atoms with van der Waals surface area (Å²) in [5.74, 6) is 1.38. The second kappa shape index (κ2) is 4.77. The van der Waals surface area contributed by atoms with Crippen molar-refractivity contribution in [2.24, 2.45) is 17.6 Å². The molecule has 0 spiro atoms. The summed E-state index contributed by atoms with van der Waals surface area (Å²) in [6.45, 7) is 7.10. The summed E-state index contributed by atoms with van der Waals surface area (Å²) in [5.41, 5.74) is 8.42. The molecule has 1 aliphatic rings. The van der Waals surface area contributed by atoms with Gasteiger partial charge in [0.1, 0.15) is 6.07 Å². The molecule has 0 aliphatic carbocycles. The zero-order valence-electron chi connectivity index (χ0n) is 10.5. The third kappa shape index (κ3) is 2.27. The first-order valence-electron chi connectivity index (χ1n) is 6.13. The van der Waals surface area contributed by atoms with Crippen molar-refractivity contribution in [1.82, 2.24) is 0 Å². The summed E-state index contributed by atoms with van der Waals surface area (Å²) in [6.07, 6.45) is 0. The quantitative estimate of drug-likeness (QED) is 0.845. The Balaban J connectivity index is 2.30. The van der Waals surface area contributed by atoms with Crippen molar-refractivity contribution >= 4 is 5.69 Å². The van der Waals surface area contributed by atoms with E-state index in [9.17, 15) is 5.26 Å². The van der Waals surface area contributed by atoms with Crippen LogP contribution in [0.3, 0.4) is 0 Å². The van der Waals surface area contributed by atoms with Gasteiger partial charge in [-0.2, -0.15) is 5.26 Å². The normalized spacial score (nSPS) is 23.8. The smallest absolute Gasteiger partial charge is 0.101 e. The Bertz CT molecular complexity index is 437. The Hall–Kier alpha value is -1.53. The van der Waals surface area contributed by atoms with Gasteiger partial charge in [-0.25, -0.2) is 0 Å². The summed E-state index contributed by atoms with van der Waals surface area (Å²) in [6, 6.07) is 8.24. The molecular weight excluding hydrogens is 210 g/mol. The maximum atomic E-state index is 9.21. The number of anilines is 1. The lowest BCUT2D eigenvalue weighted by Crippen LogP contribution is -2.20. The predicted molar refractivity (Wildman–Crippen MR) is 69.6 cm³/mol. The van der Waals surface area contributed by atoms with Gasteiger partial charge in [-0.05, 0) is 29.5 Å². The van der Waals surface area contributed by atoms with E-state index in [0.29, 0.717) is 18.4 Å². The van der Waals surface area contributed by atoms with E-state index in [-0.39, 0.29) is 0 Å². The van der Waals surface area contributed by atoms with Gasteiger partial charge in [-0.1, -0.05) is 19.9 Å². The molecule has 1 aromatic carbocycles. The van der Waals surface area contributed by atoms with Gasteiger partial charge in [0, 0.05) is 19.6 Å². The molecule has 3 nitrogen and oxygen atoms in total. The van der Waals surface area contributed by atoms with Crippen LogP contribution >= 0.6 is 0 Å². The van der Waals surface area contributed by atoms with Crippen LogP contribution in [-0.2, 0) is 6.54 Å². The second-order valence-corrected chi connectivity index (χ2v) is 5.03. The zero-order chi connectivity index (χ0) is 12.4. The molecule has 3 heteroatoms. The molecule has 17 heavy (non-hydrogen) atoms. The van der Waals surface area contributed by atoms with Crippen molar-refractivity contribution in [3.05, 3.63) is 29.3 Å². The van der Waals surface area contributed by atoms with Crippen molar-refractivity contribution in [1.29, 1.82) is 5.26 Å². The van der Waals surface area contributed by atoms with Gasteiger partial charge in [0.05, 0.1) is 11.3 Å². The van der Waals surface area contributed by atoms with Gasteiger partial charge in [0.15, 0.2) is 0 Å². The van der Waals surface area contributed by atoms with Crippen LogP contribution in [-0.4, -0.2) is 13.1 Å². The minimum Gasteiger partial charge on any atom is -0.370 e. The topological polar surface area (TPSA) is 53.0 Å². The standard InChI is InChI=1S/C14H19N3/c1-10-8-17(9-11(10)2)14-4-3-12(6-15)5-13(14)7-16/h3-5,10-11H,6,8-9,15H2,1-2H3. The summed E-state index contributed by atoms with van der Waals surface area (Å²) < 4.78 is 0. The Morgan fingerprint density at radius 3 is 2.53 bits per heavy atom. The first kappa shape index (κ1) is 11.9. The van der Waals surface area contributed by atoms with E-state index in [1.165, 1.54) is 0 Å². The Morgan fingerprint density at radius 2 is 2.00 bits per heavy atom. The molecule has 1 heterocycles. The van der Waals surface area contributed by atoms with Gasteiger partial charge in [-0.3, -0.25) is 0 Å². The van der Waals surface area contributed by atoms with E-state index < -0.39 is 0 Å². The van der Waals surface area contributed by atoms with E-state index in [0.717, 1.165) is 29.9 Å². The summed E-state index contributed by atoms with van der Waals surface area (Å²) in [5, 5.41) is 9.21. The summed E-state index contributed by atoms with van der Waals surface area (Å²) in [7, 11) is 0. The molecule has 2 unspecified atom stereocenters. The fraction of sp³-hybridized carbons (Fsp3) is 0.500. The molecule has 1 fully saturated rings. The predicted octanol–water partition coefficient (Wildman–Crippen LogP) is 2.11. The van der Waals surface area contributed by atoms with Crippen molar-refractivity contribution < 1.29 is 0 Å². The van der Waals surface area contributed by atoms with Crippen LogP contribution in [0.1, 0.15) is 25.0 Å². The van der Waals surface area contributed by atoms with Gasteiger partial charge >= 0.3 is 0 Å². The number of rotatable bonds is 2. The Morgan fingerprint density at radius 1 is 1.35 bits per heavy atom. The van der Waals surface area contributed by atoms with Crippen LogP contribution in [0.25, 0.3) is 0 Å². The van der Waals surface area contributed by atoms with Gasteiger partial charge < -0.3 is 10.6 Å². The van der Waals surface area contributed by atoms with E-state index in [1.807, 2.05) is 18.2 Å². The number of nitriles is 1. The maximum absolute atomic E-state index is 9.21. The maximum Gasteiger partial charge on any atom is 0.101 e. The highest BCUT2D eigenvalue weighted by Crippen LogP contribution is 2.30. The van der Waals surface area contributed by atoms with Gasteiger partial charge in [-0.15, -0.1) is 0 Å². The van der Waals surface area contributed by atoms with E-state index in [2.05, 4.69) is 24.8 Å². The first-order chi connectivity index (χ1) is 8.15. The van der Waals surface area contributed by atoms with Crippen molar-refractivity contribution in [3.8, 4) is 6.07 Å². The monoisotopic (exact) mass is 229 g/mol. The van der Waals surface area contributed by atoms with Gasteiger partial charge in [0.2, 0.25) is 0 Å².